The lowest BCUT2D eigenvalue weighted by molar-refractivity contribution is -0.178. The van der Waals surface area contributed by atoms with Crippen LogP contribution in [0.4, 0.5) is 0 Å². The quantitative estimate of drug-likeness (QED) is 0.225. The molecule has 2 fully saturated rings. The molecular formula is C36H48N2O6. The summed E-state index contributed by atoms with van der Waals surface area (Å²) in [4.78, 5) is 43.2. The third kappa shape index (κ3) is 6.71. The molecule has 8 nitrogen and oxygen atoms in total. The van der Waals surface area contributed by atoms with Gasteiger partial charge in [-0.3, -0.25) is 14.4 Å². The molecule has 1 saturated heterocycles. The van der Waals surface area contributed by atoms with Crippen molar-refractivity contribution in [3.63, 3.8) is 0 Å². The molecule has 0 spiro atoms. The number of rotatable bonds is 13. The standard InChI is InChI=1S/C36H48N2O6/c1-4-5-19-43-20-11-18-37-33(39)21-29-23-36(35(41)42-3)25(2)44-31(27-13-6-7-14-27)22-32(36)38(34(29)40)24-28-16-10-15-26-12-8-9-17-30(26)28/h8-10,12,15-17,22,25,27,29,31H,4-7,11,13-14,18-21,23-24H2,1-3H3,(H,37,39)/t25-,29+,31-,36+/m1/s1. The zero-order valence-electron chi connectivity index (χ0n) is 26.5. The smallest absolute Gasteiger partial charge is 0.320 e. The molecule has 2 amide bonds. The van der Waals surface area contributed by atoms with Gasteiger partial charge in [-0.05, 0) is 67.4 Å². The average molecular weight is 605 g/mol. The number of benzene rings is 2. The van der Waals surface area contributed by atoms with Gasteiger partial charge in [-0.1, -0.05) is 68.7 Å². The van der Waals surface area contributed by atoms with Crippen molar-refractivity contribution < 1.29 is 28.6 Å². The Hall–Kier alpha value is -3.23. The number of methoxy groups -OCH3 is 1. The molecule has 2 heterocycles. The van der Waals surface area contributed by atoms with Gasteiger partial charge in [0.2, 0.25) is 11.8 Å². The highest BCUT2D eigenvalue weighted by Crippen LogP contribution is 2.52. The van der Waals surface area contributed by atoms with Crippen LogP contribution < -0.4 is 5.32 Å². The Labute approximate surface area is 261 Å². The first-order valence-electron chi connectivity index (χ1n) is 16.5. The Kier molecular flexibility index (Phi) is 10.7. The van der Waals surface area contributed by atoms with Crippen LogP contribution in [-0.2, 0) is 35.1 Å². The van der Waals surface area contributed by atoms with Gasteiger partial charge < -0.3 is 24.4 Å². The summed E-state index contributed by atoms with van der Waals surface area (Å²) < 4.78 is 17.7. The van der Waals surface area contributed by atoms with E-state index in [0.717, 1.165) is 61.5 Å². The first kappa shape index (κ1) is 32.2. The van der Waals surface area contributed by atoms with E-state index in [-0.39, 0.29) is 30.8 Å². The zero-order valence-corrected chi connectivity index (χ0v) is 26.5. The fourth-order valence-corrected chi connectivity index (χ4v) is 7.36. The molecule has 0 bridgehead atoms. The van der Waals surface area contributed by atoms with Crippen LogP contribution in [0, 0.1) is 17.3 Å². The van der Waals surface area contributed by atoms with Crippen LogP contribution in [0.2, 0.25) is 0 Å². The van der Waals surface area contributed by atoms with Gasteiger partial charge in [0.25, 0.3) is 0 Å². The second kappa shape index (κ2) is 14.7. The highest BCUT2D eigenvalue weighted by atomic mass is 16.5. The van der Waals surface area contributed by atoms with E-state index >= 15 is 0 Å². The van der Waals surface area contributed by atoms with Crippen LogP contribution >= 0.6 is 0 Å². The second-order valence-electron chi connectivity index (χ2n) is 12.6. The van der Waals surface area contributed by atoms with Gasteiger partial charge in [-0.15, -0.1) is 0 Å². The zero-order chi connectivity index (χ0) is 31.1. The fraction of sp³-hybridized carbons (Fsp3) is 0.583. The van der Waals surface area contributed by atoms with E-state index in [1.165, 1.54) is 7.11 Å². The molecule has 1 saturated carbocycles. The molecule has 5 rings (SSSR count). The number of nitrogens with one attached hydrogen (secondary N) is 1. The van der Waals surface area contributed by atoms with Crippen molar-refractivity contribution in [2.75, 3.05) is 26.9 Å². The van der Waals surface area contributed by atoms with Crippen molar-refractivity contribution in [2.24, 2.45) is 17.3 Å². The minimum atomic E-state index is -1.19. The number of hydrogen-bond acceptors (Lipinski definition) is 6. The number of amides is 2. The minimum Gasteiger partial charge on any atom is -0.468 e. The van der Waals surface area contributed by atoms with Crippen LogP contribution in [0.5, 0.6) is 0 Å². The number of carbonyl (C=O) groups excluding carboxylic acids is 3. The molecule has 2 aliphatic heterocycles. The summed E-state index contributed by atoms with van der Waals surface area (Å²) >= 11 is 0. The highest BCUT2D eigenvalue weighted by molar-refractivity contribution is 5.93. The number of fused-ring (bicyclic) bond motifs is 2. The summed E-state index contributed by atoms with van der Waals surface area (Å²) in [5, 5.41) is 5.10. The SMILES string of the molecule is CCCCOCCCNC(=O)C[C@H]1C[C@@]2(C(=O)OC)C(=C[C@H](C3CCCC3)O[C@@H]2C)N(Cc2cccc3ccccc23)C1=O. The van der Waals surface area contributed by atoms with Gasteiger partial charge in [-0.2, -0.15) is 0 Å². The lowest BCUT2D eigenvalue weighted by Crippen LogP contribution is -2.60. The number of carbonyl (C=O) groups is 3. The van der Waals surface area contributed by atoms with Crippen LogP contribution in [-0.4, -0.2) is 61.8 Å². The maximum atomic E-state index is 14.4. The van der Waals surface area contributed by atoms with Gasteiger partial charge in [0, 0.05) is 37.8 Å². The van der Waals surface area contributed by atoms with Gasteiger partial charge in [0.15, 0.2) is 0 Å². The van der Waals surface area contributed by atoms with Crippen molar-refractivity contribution in [2.45, 2.75) is 90.4 Å². The number of nitrogens with zero attached hydrogens (tertiary/aromatic N) is 1. The number of esters is 1. The van der Waals surface area contributed by atoms with Crippen LogP contribution in [0.3, 0.4) is 0 Å². The average Bonchev–Trinajstić information content (AvgIpc) is 3.58. The molecule has 1 aliphatic carbocycles. The van der Waals surface area contributed by atoms with Crippen molar-refractivity contribution in [3.05, 3.63) is 59.8 Å². The Morgan fingerprint density at radius 1 is 1.07 bits per heavy atom. The number of piperidine rings is 1. The molecular weight excluding hydrogens is 556 g/mol. The molecule has 0 aromatic heterocycles. The molecule has 4 atom stereocenters. The molecule has 1 N–H and O–H groups in total. The largest absolute Gasteiger partial charge is 0.468 e. The molecule has 2 aromatic rings. The first-order chi connectivity index (χ1) is 21.4. The highest BCUT2D eigenvalue weighted by Gasteiger charge is 2.60. The van der Waals surface area contributed by atoms with E-state index in [9.17, 15) is 14.4 Å². The Morgan fingerprint density at radius 3 is 2.59 bits per heavy atom. The molecule has 238 valence electrons. The van der Waals surface area contributed by atoms with Crippen LogP contribution in [0.1, 0.15) is 77.2 Å². The van der Waals surface area contributed by atoms with Crippen molar-refractivity contribution in [1.29, 1.82) is 0 Å². The topological polar surface area (TPSA) is 94.2 Å². The van der Waals surface area contributed by atoms with Gasteiger partial charge in [-0.25, -0.2) is 0 Å². The van der Waals surface area contributed by atoms with Crippen molar-refractivity contribution in [1.82, 2.24) is 10.2 Å². The minimum absolute atomic E-state index is 0.00758. The van der Waals surface area contributed by atoms with Crippen LogP contribution in [0.15, 0.2) is 54.2 Å². The van der Waals surface area contributed by atoms with Gasteiger partial charge >= 0.3 is 5.97 Å². The number of likely N-dealkylation sites (tertiary alicyclic amines) is 1. The third-order valence-corrected chi connectivity index (χ3v) is 9.79. The monoisotopic (exact) mass is 604 g/mol. The normalized spacial score (nSPS) is 25.5. The molecule has 8 heteroatoms. The van der Waals surface area contributed by atoms with E-state index in [0.29, 0.717) is 37.7 Å². The predicted octanol–water partition coefficient (Wildman–Crippen LogP) is 5.92. The molecule has 2 aromatic carbocycles. The van der Waals surface area contributed by atoms with E-state index in [1.807, 2.05) is 37.3 Å². The lowest BCUT2D eigenvalue weighted by atomic mass is 9.66. The molecule has 3 aliphatic rings. The Bertz CT molecular complexity index is 1350. The number of hydrogen-bond donors (Lipinski definition) is 1. The molecule has 0 unspecified atom stereocenters. The number of ether oxygens (including phenoxy) is 3. The van der Waals surface area contributed by atoms with Crippen molar-refractivity contribution >= 4 is 28.6 Å². The van der Waals surface area contributed by atoms with E-state index in [1.54, 1.807) is 4.90 Å². The van der Waals surface area contributed by atoms with Crippen LogP contribution in [0.25, 0.3) is 10.8 Å². The summed E-state index contributed by atoms with van der Waals surface area (Å²) in [6.45, 7) is 6.12. The summed E-state index contributed by atoms with van der Waals surface area (Å²) in [6, 6.07) is 14.2. The maximum absolute atomic E-state index is 14.4. The van der Waals surface area contributed by atoms with E-state index < -0.39 is 23.4 Å². The van der Waals surface area contributed by atoms with Crippen molar-refractivity contribution in [3.8, 4) is 0 Å². The molecule has 44 heavy (non-hydrogen) atoms. The predicted molar refractivity (Wildman–Crippen MR) is 169 cm³/mol. The maximum Gasteiger partial charge on any atom is 0.320 e. The third-order valence-electron chi connectivity index (χ3n) is 9.79. The summed E-state index contributed by atoms with van der Waals surface area (Å²) in [5.41, 5.74) is 0.458. The van der Waals surface area contributed by atoms with E-state index in [4.69, 9.17) is 14.2 Å². The lowest BCUT2D eigenvalue weighted by Gasteiger charge is -2.52. The first-order valence-corrected chi connectivity index (χ1v) is 16.5. The Balaban J connectivity index is 1.45. The van der Waals surface area contributed by atoms with Gasteiger partial charge in [0.1, 0.15) is 5.41 Å². The summed E-state index contributed by atoms with van der Waals surface area (Å²) in [7, 11) is 1.39. The summed E-state index contributed by atoms with van der Waals surface area (Å²) in [5.74, 6) is -1.12. The Morgan fingerprint density at radius 2 is 1.82 bits per heavy atom. The van der Waals surface area contributed by atoms with Gasteiger partial charge in [0.05, 0.1) is 25.9 Å². The fourth-order valence-electron chi connectivity index (χ4n) is 7.36. The van der Waals surface area contributed by atoms with E-state index in [2.05, 4.69) is 30.4 Å². The number of unbranched alkanes of at least 4 members (excludes halogenated alkanes) is 1. The second-order valence-corrected chi connectivity index (χ2v) is 12.6. The molecule has 0 radical (unpaired) electrons. The summed E-state index contributed by atoms with van der Waals surface area (Å²) in [6.07, 6.45) is 8.75.